The number of hydrogen-bond donors (Lipinski definition) is 4. The number of thiazole rings is 1. The van der Waals surface area contributed by atoms with Gasteiger partial charge in [-0.2, -0.15) is 15.3 Å². The summed E-state index contributed by atoms with van der Waals surface area (Å²) in [7, 11) is 0. The number of carbonyl (C=O) groups is 2. The van der Waals surface area contributed by atoms with Crippen molar-refractivity contribution in [3.63, 3.8) is 0 Å². The lowest BCUT2D eigenvalue weighted by atomic mass is 9.85. The maximum absolute atomic E-state index is 13.0. The third-order valence-electron chi connectivity index (χ3n) is 6.69. The fourth-order valence-electron chi connectivity index (χ4n) is 4.03. The van der Waals surface area contributed by atoms with Crippen molar-refractivity contribution in [3.8, 4) is 6.07 Å². The van der Waals surface area contributed by atoms with Crippen molar-refractivity contribution in [2.75, 3.05) is 16.0 Å². The molecule has 0 fully saturated rings. The van der Waals surface area contributed by atoms with Crippen LogP contribution in [0.15, 0.2) is 54.7 Å². The fourth-order valence-corrected chi connectivity index (χ4v) is 4.84. The van der Waals surface area contributed by atoms with Gasteiger partial charge >= 0.3 is 0 Å². The zero-order valence-corrected chi connectivity index (χ0v) is 24.6. The predicted octanol–water partition coefficient (Wildman–Crippen LogP) is 6.29. The minimum absolute atomic E-state index is 0.225. The number of benzene rings is 2. The number of H-pyrrole nitrogens is 1. The van der Waals surface area contributed by atoms with Crippen LogP contribution in [0.1, 0.15) is 71.3 Å². The third-order valence-corrected chi connectivity index (χ3v) is 7.57. The Hall–Kier alpha value is -5.15. The highest BCUT2D eigenvalue weighted by molar-refractivity contribution is 7.22. The first kappa shape index (κ1) is 28.4. The number of aromatic nitrogens is 5. The summed E-state index contributed by atoms with van der Waals surface area (Å²) in [5.74, 6) is -0.0786. The summed E-state index contributed by atoms with van der Waals surface area (Å²) in [5, 5.41) is 25.7. The first-order chi connectivity index (χ1) is 20.0. The van der Waals surface area contributed by atoms with Gasteiger partial charge in [-0.1, -0.05) is 43.4 Å². The minimum atomic E-state index is -0.708. The van der Waals surface area contributed by atoms with Gasteiger partial charge in [-0.3, -0.25) is 20.0 Å². The summed E-state index contributed by atoms with van der Waals surface area (Å²) < 4.78 is 0. The first-order valence-corrected chi connectivity index (χ1v) is 14.0. The Kier molecular flexibility index (Phi) is 7.69. The van der Waals surface area contributed by atoms with Crippen LogP contribution < -0.4 is 16.0 Å². The molecule has 0 bridgehead atoms. The topological polar surface area (TPSA) is 161 Å². The van der Waals surface area contributed by atoms with Gasteiger partial charge in [0, 0.05) is 22.6 Å². The Labute approximate surface area is 246 Å². The van der Waals surface area contributed by atoms with Crippen LogP contribution in [0.25, 0.3) is 10.3 Å². The van der Waals surface area contributed by atoms with E-state index in [9.17, 15) is 14.9 Å². The number of anilines is 4. The molecule has 11 nitrogen and oxygen atoms in total. The molecular formula is C30H29N9O2S. The van der Waals surface area contributed by atoms with E-state index in [1.807, 2.05) is 52.8 Å². The number of rotatable bonds is 8. The average molecular weight is 580 g/mol. The van der Waals surface area contributed by atoms with E-state index in [1.165, 1.54) is 11.3 Å². The van der Waals surface area contributed by atoms with Crippen LogP contribution in [0.4, 0.5) is 22.5 Å². The van der Waals surface area contributed by atoms with E-state index in [1.54, 1.807) is 36.5 Å². The first-order valence-electron chi connectivity index (χ1n) is 13.2. The van der Waals surface area contributed by atoms with Gasteiger partial charge < -0.3 is 10.6 Å². The summed E-state index contributed by atoms with van der Waals surface area (Å²) in [6.07, 6.45) is 1.58. The molecule has 2 amide bonds. The van der Waals surface area contributed by atoms with Gasteiger partial charge in [0.15, 0.2) is 15.7 Å². The molecule has 12 heteroatoms. The van der Waals surface area contributed by atoms with Gasteiger partial charge in [-0.15, -0.1) is 0 Å². The second-order valence-corrected chi connectivity index (χ2v) is 11.6. The molecule has 212 valence electrons. The number of amides is 2. The van der Waals surface area contributed by atoms with Gasteiger partial charge in [-0.05, 0) is 68.1 Å². The van der Waals surface area contributed by atoms with Crippen molar-refractivity contribution in [2.24, 2.45) is 0 Å². The van der Waals surface area contributed by atoms with Crippen molar-refractivity contribution < 1.29 is 9.59 Å². The molecule has 42 heavy (non-hydrogen) atoms. The Morgan fingerprint density at radius 2 is 1.86 bits per heavy atom. The molecule has 4 N–H and O–H groups in total. The van der Waals surface area contributed by atoms with Crippen molar-refractivity contribution in [2.45, 2.75) is 46.0 Å². The molecule has 0 aliphatic heterocycles. The Bertz CT molecular complexity index is 1850. The monoisotopic (exact) mass is 579 g/mol. The lowest BCUT2D eigenvalue weighted by molar-refractivity contribution is 0.101. The molecule has 0 aliphatic carbocycles. The SMILES string of the molecule is Cc1ccc(NC(=O)c2cccc(C(C)(C)C#N)c2)cc1Nc1ncc2nc(NC(=O)c3cc(C(C)C)[nH]n3)sc2n1. The molecule has 2 aromatic carbocycles. The molecule has 3 aromatic heterocycles. The maximum atomic E-state index is 13.0. The fraction of sp³-hybridized carbons (Fsp3) is 0.233. The number of fused-ring (bicyclic) bond motifs is 1. The van der Waals surface area contributed by atoms with Crippen LogP contribution in [0.3, 0.4) is 0 Å². The maximum Gasteiger partial charge on any atom is 0.277 e. The lowest BCUT2D eigenvalue weighted by Crippen LogP contribution is -2.17. The molecule has 0 aliphatic rings. The van der Waals surface area contributed by atoms with E-state index in [-0.39, 0.29) is 23.4 Å². The normalized spacial score (nSPS) is 11.4. The summed E-state index contributed by atoms with van der Waals surface area (Å²) in [5.41, 5.74) is 4.44. The minimum Gasteiger partial charge on any atom is -0.324 e. The van der Waals surface area contributed by atoms with Gasteiger partial charge in [0.2, 0.25) is 5.95 Å². The molecule has 3 heterocycles. The highest BCUT2D eigenvalue weighted by Gasteiger charge is 2.21. The predicted molar refractivity (Wildman–Crippen MR) is 163 cm³/mol. The number of aryl methyl sites for hydroxylation is 1. The highest BCUT2D eigenvalue weighted by Crippen LogP contribution is 2.28. The van der Waals surface area contributed by atoms with Crippen LogP contribution in [-0.2, 0) is 5.41 Å². The van der Waals surface area contributed by atoms with Gasteiger partial charge in [-0.25, -0.2) is 9.97 Å². The van der Waals surface area contributed by atoms with E-state index in [4.69, 9.17) is 0 Å². The molecule has 5 rings (SSSR count). The Morgan fingerprint density at radius 3 is 2.60 bits per heavy atom. The molecule has 0 unspecified atom stereocenters. The molecule has 0 radical (unpaired) electrons. The average Bonchev–Trinajstić information content (AvgIpc) is 3.62. The number of nitriles is 1. The number of nitrogens with one attached hydrogen (secondary N) is 4. The third kappa shape index (κ3) is 6.11. The summed E-state index contributed by atoms with van der Waals surface area (Å²) in [6.45, 7) is 9.58. The molecule has 5 aromatic rings. The van der Waals surface area contributed by atoms with Crippen molar-refractivity contribution >= 4 is 56.0 Å². The van der Waals surface area contributed by atoms with Crippen LogP contribution in [0.2, 0.25) is 0 Å². The Morgan fingerprint density at radius 1 is 1.05 bits per heavy atom. The van der Waals surface area contributed by atoms with Crippen LogP contribution in [0.5, 0.6) is 0 Å². The van der Waals surface area contributed by atoms with Gasteiger partial charge in [0.05, 0.1) is 17.7 Å². The number of carbonyl (C=O) groups excluding carboxylic acids is 2. The summed E-state index contributed by atoms with van der Waals surface area (Å²) in [6, 6.07) is 16.5. The van der Waals surface area contributed by atoms with Crippen molar-refractivity contribution in [1.82, 2.24) is 25.1 Å². The highest BCUT2D eigenvalue weighted by atomic mass is 32.1. The largest absolute Gasteiger partial charge is 0.324 e. The Balaban J connectivity index is 1.30. The standard InChI is InChI=1S/C30H29N9O2S/c1-16(2)21-13-23(39-38-21)26(41)36-29-35-24-14-32-28(37-27(24)42-29)34-22-12-20(10-9-17(22)3)33-25(40)18-7-6-8-19(11-18)30(4,5)15-31/h6-14,16H,1-5H3,(H,33,40)(H,38,39)(H,32,34,37)(H,35,36,41). The molecular weight excluding hydrogens is 550 g/mol. The summed E-state index contributed by atoms with van der Waals surface area (Å²) in [4.78, 5) is 39.6. The molecule has 0 saturated carbocycles. The molecule has 0 spiro atoms. The van der Waals surface area contributed by atoms with Gasteiger partial charge in [0.25, 0.3) is 11.8 Å². The summed E-state index contributed by atoms with van der Waals surface area (Å²) >= 11 is 1.23. The van der Waals surface area contributed by atoms with Crippen molar-refractivity contribution in [3.05, 3.63) is 82.8 Å². The van der Waals surface area contributed by atoms with Gasteiger partial charge in [0.1, 0.15) is 5.52 Å². The van der Waals surface area contributed by atoms with E-state index < -0.39 is 5.41 Å². The molecule has 0 saturated heterocycles. The van der Waals surface area contributed by atoms with E-state index in [0.717, 1.165) is 16.8 Å². The van der Waals surface area contributed by atoms with Crippen LogP contribution >= 0.6 is 11.3 Å². The smallest absolute Gasteiger partial charge is 0.277 e. The van der Waals surface area contributed by atoms with Crippen molar-refractivity contribution in [1.29, 1.82) is 5.26 Å². The van der Waals surface area contributed by atoms with E-state index >= 15 is 0 Å². The van der Waals surface area contributed by atoms with Crippen LogP contribution in [0, 0.1) is 18.3 Å². The quantitative estimate of drug-likeness (QED) is 0.167. The van der Waals surface area contributed by atoms with E-state index in [0.29, 0.717) is 38.4 Å². The molecule has 0 atom stereocenters. The second-order valence-electron chi connectivity index (χ2n) is 10.6. The number of nitrogens with zero attached hydrogens (tertiary/aromatic N) is 5. The zero-order chi connectivity index (χ0) is 30.0. The lowest BCUT2D eigenvalue weighted by Gasteiger charge is -2.17. The number of hydrogen-bond acceptors (Lipinski definition) is 9. The van der Waals surface area contributed by atoms with Crippen LogP contribution in [-0.4, -0.2) is 37.0 Å². The second kappa shape index (κ2) is 11.4. The zero-order valence-electron chi connectivity index (χ0n) is 23.7. The number of aromatic amines is 1. The van der Waals surface area contributed by atoms with E-state index in [2.05, 4.69) is 47.2 Å².